The van der Waals surface area contributed by atoms with Crippen LogP contribution in [0.1, 0.15) is 26.3 Å². The Morgan fingerprint density at radius 2 is 1.69 bits per heavy atom. The van der Waals surface area contributed by atoms with Gasteiger partial charge in [-0.3, -0.25) is 9.36 Å². The Bertz CT molecular complexity index is 1310. The van der Waals surface area contributed by atoms with Crippen LogP contribution in [0.5, 0.6) is 5.75 Å². The van der Waals surface area contributed by atoms with E-state index in [0.29, 0.717) is 16.0 Å². The van der Waals surface area contributed by atoms with Gasteiger partial charge in [0.15, 0.2) is 11.0 Å². The summed E-state index contributed by atoms with van der Waals surface area (Å²) in [6.07, 6.45) is 0. The SMILES string of the molecule is COc1ccc(-n2c(SCC(=O)Nc3ccccc3C(C)(C)C)nnc2-c2ccc(Cl)cc2)cc1. The highest BCUT2D eigenvalue weighted by molar-refractivity contribution is 7.99. The molecule has 35 heavy (non-hydrogen) atoms. The second kappa shape index (κ2) is 10.5. The molecule has 0 bridgehead atoms. The number of methoxy groups -OCH3 is 1. The van der Waals surface area contributed by atoms with E-state index in [2.05, 4.69) is 36.3 Å². The second-order valence-electron chi connectivity index (χ2n) is 8.98. The summed E-state index contributed by atoms with van der Waals surface area (Å²) < 4.78 is 7.23. The zero-order chi connectivity index (χ0) is 25.0. The average molecular weight is 507 g/mol. The molecule has 4 aromatic rings. The Hall–Kier alpha value is -3.29. The largest absolute Gasteiger partial charge is 0.497 e. The van der Waals surface area contributed by atoms with E-state index in [1.807, 2.05) is 77.4 Å². The molecule has 0 radical (unpaired) electrons. The monoisotopic (exact) mass is 506 g/mol. The zero-order valence-corrected chi connectivity index (χ0v) is 21.7. The van der Waals surface area contributed by atoms with Crippen LogP contribution in [0.2, 0.25) is 5.02 Å². The molecule has 0 spiro atoms. The molecule has 0 aliphatic carbocycles. The first-order valence-corrected chi connectivity index (χ1v) is 12.5. The number of halogens is 1. The van der Waals surface area contributed by atoms with E-state index >= 15 is 0 Å². The van der Waals surface area contributed by atoms with Crippen LogP contribution in [-0.2, 0) is 10.2 Å². The molecule has 1 N–H and O–H groups in total. The van der Waals surface area contributed by atoms with Crippen LogP contribution in [0.3, 0.4) is 0 Å². The topological polar surface area (TPSA) is 69.0 Å². The molecule has 1 amide bonds. The third kappa shape index (κ3) is 5.86. The van der Waals surface area contributed by atoms with Gasteiger partial charge in [-0.15, -0.1) is 10.2 Å². The number of para-hydroxylation sites is 1. The lowest BCUT2D eigenvalue weighted by molar-refractivity contribution is -0.113. The van der Waals surface area contributed by atoms with E-state index in [0.717, 1.165) is 28.3 Å². The van der Waals surface area contributed by atoms with Gasteiger partial charge < -0.3 is 10.1 Å². The number of hydrogen-bond donors (Lipinski definition) is 1. The number of ether oxygens (including phenoxy) is 1. The van der Waals surface area contributed by atoms with Gasteiger partial charge in [0.25, 0.3) is 0 Å². The molecule has 0 aliphatic heterocycles. The molecule has 6 nitrogen and oxygen atoms in total. The molecule has 0 saturated heterocycles. The van der Waals surface area contributed by atoms with E-state index in [-0.39, 0.29) is 17.1 Å². The molecule has 3 aromatic carbocycles. The summed E-state index contributed by atoms with van der Waals surface area (Å²) in [6.45, 7) is 6.38. The van der Waals surface area contributed by atoms with Crippen LogP contribution in [0.4, 0.5) is 5.69 Å². The third-order valence-electron chi connectivity index (χ3n) is 5.41. The van der Waals surface area contributed by atoms with Crippen LogP contribution in [0, 0.1) is 0 Å². The molecule has 8 heteroatoms. The Morgan fingerprint density at radius 1 is 1.00 bits per heavy atom. The Balaban J connectivity index is 1.60. The number of nitrogens with one attached hydrogen (secondary N) is 1. The maximum Gasteiger partial charge on any atom is 0.234 e. The Kier molecular flexibility index (Phi) is 7.48. The fourth-order valence-corrected chi connectivity index (χ4v) is 4.55. The number of amides is 1. The molecule has 0 aliphatic rings. The molecule has 0 unspecified atom stereocenters. The van der Waals surface area contributed by atoms with Gasteiger partial charge in [0.1, 0.15) is 5.75 Å². The number of anilines is 1. The number of carbonyl (C=O) groups is 1. The van der Waals surface area contributed by atoms with Crippen LogP contribution in [0.15, 0.2) is 78.0 Å². The zero-order valence-electron chi connectivity index (χ0n) is 20.1. The minimum absolute atomic E-state index is 0.0843. The quantitative estimate of drug-likeness (QED) is 0.285. The van der Waals surface area contributed by atoms with E-state index < -0.39 is 0 Å². The van der Waals surface area contributed by atoms with Crippen molar-refractivity contribution in [2.24, 2.45) is 0 Å². The van der Waals surface area contributed by atoms with E-state index in [1.165, 1.54) is 11.8 Å². The molecule has 0 fully saturated rings. The van der Waals surface area contributed by atoms with Crippen LogP contribution < -0.4 is 10.1 Å². The number of thioether (sulfide) groups is 1. The molecule has 1 heterocycles. The number of hydrogen-bond acceptors (Lipinski definition) is 5. The van der Waals surface area contributed by atoms with Crippen LogP contribution in [-0.4, -0.2) is 33.5 Å². The number of nitrogens with zero attached hydrogens (tertiary/aromatic N) is 3. The fraction of sp³-hybridized carbons (Fsp3) is 0.222. The van der Waals surface area contributed by atoms with Crippen LogP contribution in [0.25, 0.3) is 17.1 Å². The van der Waals surface area contributed by atoms with Crippen molar-refractivity contribution >= 4 is 35.0 Å². The van der Waals surface area contributed by atoms with Crippen molar-refractivity contribution in [3.05, 3.63) is 83.4 Å². The highest BCUT2D eigenvalue weighted by Gasteiger charge is 2.20. The van der Waals surface area contributed by atoms with Gasteiger partial charge in [0.05, 0.1) is 12.9 Å². The summed E-state index contributed by atoms with van der Waals surface area (Å²) in [6, 6.07) is 23.0. The predicted molar refractivity (Wildman–Crippen MR) is 143 cm³/mol. The highest BCUT2D eigenvalue weighted by Crippen LogP contribution is 2.31. The first-order chi connectivity index (χ1) is 16.8. The Labute approximate surface area is 214 Å². The minimum atomic E-state index is -0.107. The van der Waals surface area contributed by atoms with Gasteiger partial charge in [-0.1, -0.05) is 62.3 Å². The van der Waals surface area contributed by atoms with Gasteiger partial charge in [0.2, 0.25) is 5.91 Å². The van der Waals surface area contributed by atoms with E-state index in [4.69, 9.17) is 16.3 Å². The first-order valence-electron chi connectivity index (χ1n) is 11.1. The molecular weight excluding hydrogens is 480 g/mol. The molecule has 0 saturated carbocycles. The standard InChI is InChI=1S/C27H27ClN4O2S/c1-27(2,3)22-7-5-6-8-23(22)29-24(33)17-35-26-31-30-25(18-9-11-19(28)12-10-18)32(26)20-13-15-21(34-4)16-14-20/h5-16H,17H2,1-4H3,(H,29,33). The van der Waals surface area contributed by atoms with Crippen molar-refractivity contribution in [2.75, 3.05) is 18.2 Å². The van der Waals surface area contributed by atoms with Crippen molar-refractivity contribution in [1.29, 1.82) is 0 Å². The number of carbonyl (C=O) groups excluding carboxylic acids is 1. The maximum absolute atomic E-state index is 12.9. The van der Waals surface area contributed by atoms with Gasteiger partial charge >= 0.3 is 0 Å². The summed E-state index contributed by atoms with van der Waals surface area (Å²) in [5, 5.41) is 13.1. The van der Waals surface area contributed by atoms with E-state index in [9.17, 15) is 4.79 Å². The summed E-state index contributed by atoms with van der Waals surface area (Å²) >= 11 is 7.41. The van der Waals surface area contributed by atoms with E-state index in [1.54, 1.807) is 7.11 Å². The minimum Gasteiger partial charge on any atom is -0.497 e. The van der Waals surface area contributed by atoms with Crippen molar-refractivity contribution in [3.63, 3.8) is 0 Å². The van der Waals surface area contributed by atoms with Gasteiger partial charge in [0, 0.05) is 22.0 Å². The molecule has 4 rings (SSSR count). The summed E-state index contributed by atoms with van der Waals surface area (Å²) in [7, 11) is 1.63. The van der Waals surface area contributed by atoms with Gasteiger partial charge in [-0.2, -0.15) is 0 Å². The Morgan fingerprint density at radius 3 is 2.34 bits per heavy atom. The van der Waals surface area contributed by atoms with Gasteiger partial charge in [-0.05, 0) is 65.6 Å². The summed E-state index contributed by atoms with van der Waals surface area (Å²) in [5.74, 6) is 1.49. The normalized spacial score (nSPS) is 11.3. The van der Waals surface area contributed by atoms with Gasteiger partial charge in [-0.25, -0.2) is 0 Å². The number of benzene rings is 3. The van der Waals surface area contributed by atoms with Crippen molar-refractivity contribution in [3.8, 4) is 22.8 Å². The summed E-state index contributed by atoms with van der Waals surface area (Å²) in [4.78, 5) is 12.9. The smallest absolute Gasteiger partial charge is 0.234 e. The molecule has 180 valence electrons. The first kappa shape index (κ1) is 24.8. The van der Waals surface area contributed by atoms with Crippen molar-refractivity contribution in [1.82, 2.24) is 14.8 Å². The molecule has 1 aromatic heterocycles. The number of rotatable bonds is 7. The van der Waals surface area contributed by atoms with Crippen LogP contribution >= 0.6 is 23.4 Å². The predicted octanol–water partition coefficient (Wildman–Crippen LogP) is 6.62. The van der Waals surface area contributed by atoms with Crippen molar-refractivity contribution in [2.45, 2.75) is 31.3 Å². The fourth-order valence-electron chi connectivity index (χ4n) is 3.68. The number of aromatic nitrogens is 3. The second-order valence-corrected chi connectivity index (χ2v) is 10.4. The lowest BCUT2D eigenvalue weighted by atomic mass is 9.86. The lowest BCUT2D eigenvalue weighted by Gasteiger charge is -2.23. The van der Waals surface area contributed by atoms with Crippen molar-refractivity contribution < 1.29 is 9.53 Å². The maximum atomic E-state index is 12.9. The summed E-state index contributed by atoms with van der Waals surface area (Å²) in [5.41, 5.74) is 3.56. The highest BCUT2D eigenvalue weighted by atomic mass is 35.5. The third-order valence-corrected chi connectivity index (χ3v) is 6.59. The molecular formula is C27H27ClN4O2S. The average Bonchev–Trinajstić information content (AvgIpc) is 3.27. The lowest BCUT2D eigenvalue weighted by Crippen LogP contribution is -2.20. The molecule has 0 atom stereocenters.